The van der Waals surface area contributed by atoms with Gasteiger partial charge >= 0.3 is 0 Å². The summed E-state index contributed by atoms with van der Waals surface area (Å²) in [6.45, 7) is 2.03. The second-order valence-corrected chi connectivity index (χ2v) is 4.57. The van der Waals surface area contributed by atoms with Gasteiger partial charge in [-0.2, -0.15) is 0 Å². The van der Waals surface area contributed by atoms with E-state index in [9.17, 15) is 8.78 Å². The Hall–Kier alpha value is -1.85. The zero-order chi connectivity index (χ0) is 14.5. The van der Waals surface area contributed by atoms with Gasteiger partial charge in [0.25, 0.3) is 0 Å². The van der Waals surface area contributed by atoms with Gasteiger partial charge in [0.1, 0.15) is 0 Å². The summed E-state index contributed by atoms with van der Waals surface area (Å²) in [5.41, 5.74) is 5.28. The van der Waals surface area contributed by atoms with Crippen molar-refractivity contribution in [1.82, 2.24) is 10.4 Å². The average molecular weight is 277 g/mol. The lowest BCUT2D eigenvalue weighted by atomic mass is 9.99. The van der Waals surface area contributed by atoms with Crippen LogP contribution in [0.5, 0.6) is 0 Å². The minimum Gasteiger partial charge on any atom is -0.271 e. The number of hydrogen-bond acceptors (Lipinski definition) is 3. The van der Waals surface area contributed by atoms with Crippen molar-refractivity contribution in [3.05, 3.63) is 65.0 Å². The summed E-state index contributed by atoms with van der Waals surface area (Å²) in [5, 5.41) is 0. The maximum atomic E-state index is 13.2. The molecular formula is C15H17F2N3. The number of pyridine rings is 1. The van der Waals surface area contributed by atoms with Crippen molar-refractivity contribution < 1.29 is 8.78 Å². The molecule has 0 radical (unpaired) electrons. The maximum absolute atomic E-state index is 13.2. The van der Waals surface area contributed by atoms with E-state index in [0.29, 0.717) is 12.0 Å². The highest BCUT2D eigenvalue weighted by Crippen LogP contribution is 2.21. The molecule has 1 aromatic heterocycles. The van der Waals surface area contributed by atoms with E-state index in [0.717, 1.165) is 23.7 Å². The normalized spacial score (nSPS) is 12.4. The fourth-order valence-electron chi connectivity index (χ4n) is 2.20. The second kappa shape index (κ2) is 6.54. The quantitative estimate of drug-likeness (QED) is 0.652. The molecule has 2 aromatic rings. The van der Waals surface area contributed by atoms with Crippen LogP contribution in [0.2, 0.25) is 0 Å². The smallest absolute Gasteiger partial charge is 0.159 e. The highest BCUT2D eigenvalue weighted by atomic mass is 19.2. The van der Waals surface area contributed by atoms with Gasteiger partial charge in [0.05, 0.1) is 11.7 Å². The number of halogens is 2. The summed E-state index contributed by atoms with van der Waals surface area (Å²) >= 11 is 0. The molecule has 20 heavy (non-hydrogen) atoms. The Morgan fingerprint density at radius 1 is 1.25 bits per heavy atom. The molecule has 2 rings (SSSR count). The molecule has 106 valence electrons. The minimum atomic E-state index is -0.852. The van der Waals surface area contributed by atoms with Gasteiger partial charge in [0, 0.05) is 6.20 Å². The number of aryl methyl sites for hydroxylation is 1. The van der Waals surface area contributed by atoms with Crippen molar-refractivity contribution in [3.63, 3.8) is 0 Å². The van der Waals surface area contributed by atoms with E-state index in [-0.39, 0.29) is 6.04 Å². The minimum absolute atomic E-state index is 0.240. The number of rotatable bonds is 5. The Morgan fingerprint density at radius 3 is 2.70 bits per heavy atom. The van der Waals surface area contributed by atoms with E-state index in [1.165, 1.54) is 6.07 Å². The van der Waals surface area contributed by atoms with E-state index in [2.05, 4.69) is 10.4 Å². The molecule has 0 saturated carbocycles. The molecule has 0 aliphatic rings. The lowest BCUT2D eigenvalue weighted by Gasteiger charge is -2.18. The standard InChI is InChI=1S/C15H17F2N3/c1-2-11-4-3-7-19-15(11)14(20-18)9-10-5-6-12(16)13(17)8-10/h3-8,14,20H,2,9,18H2,1H3. The molecule has 0 aliphatic heterocycles. The Labute approximate surface area is 116 Å². The highest BCUT2D eigenvalue weighted by molar-refractivity contribution is 5.26. The van der Waals surface area contributed by atoms with E-state index in [4.69, 9.17) is 5.84 Å². The molecule has 0 aliphatic carbocycles. The number of aromatic nitrogens is 1. The molecular weight excluding hydrogens is 260 g/mol. The van der Waals surface area contributed by atoms with Crippen LogP contribution in [0, 0.1) is 11.6 Å². The SMILES string of the molecule is CCc1cccnc1C(Cc1ccc(F)c(F)c1)NN. The fraction of sp³-hybridized carbons (Fsp3) is 0.267. The largest absolute Gasteiger partial charge is 0.271 e. The molecule has 0 fully saturated rings. The van der Waals surface area contributed by atoms with Crippen molar-refractivity contribution in [3.8, 4) is 0 Å². The van der Waals surface area contributed by atoms with Gasteiger partial charge in [0.2, 0.25) is 0 Å². The van der Waals surface area contributed by atoms with Gasteiger partial charge < -0.3 is 0 Å². The predicted octanol–water partition coefficient (Wildman–Crippen LogP) is 2.67. The van der Waals surface area contributed by atoms with Crippen LogP contribution in [-0.2, 0) is 12.8 Å². The topological polar surface area (TPSA) is 50.9 Å². The van der Waals surface area contributed by atoms with E-state index in [1.54, 1.807) is 12.3 Å². The van der Waals surface area contributed by atoms with Crippen LogP contribution in [-0.4, -0.2) is 4.98 Å². The monoisotopic (exact) mass is 277 g/mol. The first kappa shape index (κ1) is 14.6. The van der Waals surface area contributed by atoms with Crippen LogP contribution in [0.25, 0.3) is 0 Å². The van der Waals surface area contributed by atoms with Crippen LogP contribution in [0.15, 0.2) is 36.5 Å². The van der Waals surface area contributed by atoms with Crippen molar-refractivity contribution in [2.24, 2.45) is 5.84 Å². The first-order chi connectivity index (χ1) is 9.65. The first-order valence-electron chi connectivity index (χ1n) is 6.49. The molecule has 3 N–H and O–H groups in total. The van der Waals surface area contributed by atoms with Crippen LogP contribution >= 0.6 is 0 Å². The molecule has 5 heteroatoms. The lowest BCUT2D eigenvalue weighted by molar-refractivity contribution is 0.500. The average Bonchev–Trinajstić information content (AvgIpc) is 2.48. The summed E-state index contributed by atoms with van der Waals surface area (Å²) in [4.78, 5) is 4.35. The highest BCUT2D eigenvalue weighted by Gasteiger charge is 2.16. The molecule has 1 atom stereocenters. The van der Waals surface area contributed by atoms with Crippen LogP contribution in [0.3, 0.4) is 0 Å². The Bertz CT molecular complexity index is 587. The van der Waals surface area contributed by atoms with Crippen molar-refractivity contribution >= 4 is 0 Å². The molecule has 1 heterocycles. The second-order valence-electron chi connectivity index (χ2n) is 4.57. The van der Waals surface area contributed by atoms with Gasteiger partial charge in [-0.05, 0) is 42.2 Å². The van der Waals surface area contributed by atoms with Crippen molar-refractivity contribution in [1.29, 1.82) is 0 Å². The Kier molecular flexibility index (Phi) is 4.76. The van der Waals surface area contributed by atoms with E-state index in [1.807, 2.05) is 19.1 Å². The zero-order valence-electron chi connectivity index (χ0n) is 11.2. The van der Waals surface area contributed by atoms with E-state index >= 15 is 0 Å². The molecule has 0 amide bonds. The fourth-order valence-corrected chi connectivity index (χ4v) is 2.20. The number of hydrogen-bond donors (Lipinski definition) is 2. The number of nitrogens with two attached hydrogens (primary N) is 1. The number of benzene rings is 1. The van der Waals surface area contributed by atoms with Gasteiger partial charge in [-0.3, -0.25) is 16.3 Å². The van der Waals surface area contributed by atoms with Crippen LogP contribution < -0.4 is 11.3 Å². The van der Waals surface area contributed by atoms with Crippen molar-refractivity contribution in [2.45, 2.75) is 25.8 Å². The summed E-state index contributed by atoms with van der Waals surface area (Å²) in [7, 11) is 0. The third-order valence-corrected chi connectivity index (χ3v) is 3.26. The number of hydrazine groups is 1. The number of nitrogens with zero attached hydrogens (tertiary/aromatic N) is 1. The molecule has 0 saturated heterocycles. The zero-order valence-corrected chi connectivity index (χ0v) is 11.2. The van der Waals surface area contributed by atoms with Gasteiger partial charge in [0.15, 0.2) is 11.6 Å². The molecule has 3 nitrogen and oxygen atoms in total. The Balaban J connectivity index is 2.26. The maximum Gasteiger partial charge on any atom is 0.159 e. The summed E-state index contributed by atoms with van der Waals surface area (Å²) in [6, 6.07) is 7.48. The van der Waals surface area contributed by atoms with Gasteiger partial charge in [-0.25, -0.2) is 8.78 Å². The third kappa shape index (κ3) is 3.18. The molecule has 0 bridgehead atoms. The van der Waals surface area contributed by atoms with Gasteiger partial charge in [-0.15, -0.1) is 0 Å². The molecule has 0 spiro atoms. The lowest BCUT2D eigenvalue weighted by Crippen LogP contribution is -2.31. The summed E-state index contributed by atoms with van der Waals surface area (Å²) < 4.78 is 26.2. The number of nitrogens with one attached hydrogen (secondary N) is 1. The molecule has 1 aromatic carbocycles. The Morgan fingerprint density at radius 2 is 2.05 bits per heavy atom. The summed E-state index contributed by atoms with van der Waals surface area (Å²) in [6.07, 6.45) is 2.97. The van der Waals surface area contributed by atoms with E-state index < -0.39 is 11.6 Å². The van der Waals surface area contributed by atoms with Gasteiger partial charge in [-0.1, -0.05) is 19.1 Å². The first-order valence-corrected chi connectivity index (χ1v) is 6.49. The predicted molar refractivity (Wildman–Crippen MR) is 73.7 cm³/mol. The van der Waals surface area contributed by atoms with Crippen LogP contribution in [0.1, 0.15) is 29.8 Å². The summed E-state index contributed by atoms with van der Waals surface area (Å²) in [5.74, 6) is 3.89. The van der Waals surface area contributed by atoms with Crippen molar-refractivity contribution in [2.75, 3.05) is 0 Å². The third-order valence-electron chi connectivity index (χ3n) is 3.26. The molecule has 1 unspecified atom stereocenters. The van der Waals surface area contributed by atoms with Crippen LogP contribution in [0.4, 0.5) is 8.78 Å².